The molecule has 2 aromatic rings. The predicted octanol–water partition coefficient (Wildman–Crippen LogP) is 2.79. The fraction of sp³-hybridized carbons (Fsp3) is 0.333. The monoisotopic (exact) mass is 527 g/mol. The lowest BCUT2D eigenvalue weighted by Crippen LogP contribution is -2.55. The highest BCUT2D eigenvalue weighted by atomic mass is 35.5. The van der Waals surface area contributed by atoms with Gasteiger partial charge in [-0.2, -0.15) is 0 Å². The van der Waals surface area contributed by atoms with Crippen molar-refractivity contribution >= 4 is 46.9 Å². The minimum Gasteiger partial charge on any atom is -0.380 e. The highest BCUT2D eigenvalue weighted by molar-refractivity contribution is 8.03. The van der Waals surface area contributed by atoms with Gasteiger partial charge in [0.05, 0.1) is 10.7 Å². The first kappa shape index (κ1) is 26.3. The van der Waals surface area contributed by atoms with Crippen LogP contribution in [0.4, 0.5) is 5.69 Å². The summed E-state index contributed by atoms with van der Waals surface area (Å²) in [5.41, 5.74) is 2.02. The maximum atomic E-state index is 12.7. The number of benzene rings is 2. The number of anilines is 1. The van der Waals surface area contributed by atoms with Crippen LogP contribution < -0.4 is 10.2 Å². The standard InChI is InChI=1S/C27H30ClN3O4S/c28-22-8-4-5-9-23(22)30-12-14-31(15-13-30)27(35)25(33)24(32)26(34)29-17-21-16-20(18-36-21)11-10-19-6-2-1-3-7-19/h1-11,16,20,24-25,32-33H,12-15,17-18H2,(H,29,34)/b11-10-/t20?,24-,25-/m1/s1. The lowest BCUT2D eigenvalue weighted by Gasteiger charge is -2.37. The summed E-state index contributed by atoms with van der Waals surface area (Å²) in [5, 5.41) is 24.0. The van der Waals surface area contributed by atoms with Crippen molar-refractivity contribution in [3.05, 3.63) is 82.2 Å². The van der Waals surface area contributed by atoms with Crippen LogP contribution in [0.1, 0.15) is 5.56 Å². The van der Waals surface area contributed by atoms with E-state index >= 15 is 0 Å². The Labute approximate surface area is 220 Å². The second kappa shape index (κ2) is 12.5. The number of allylic oxidation sites excluding steroid dienone is 2. The van der Waals surface area contributed by atoms with Crippen LogP contribution in [-0.4, -0.2) is 77.6 Å². The van der Waals surface area contributed by atoms with Crippen molar-refractivity contribution in [2.75, 3.05) is 43.4 Å². The van der Waals surface area contributed by atoms with E-state index in [1.165, 1.54) is 4.90 Å². The summed E-state index contributed by atoms with van der Waals surface area (Å²) in [7, 11) is 0. The molecule has 0 radical (unpaired) electrons. The molecule has 0 bridgehead atoms. The van der Waals surface area contributed by atoms with Crippen molar-refractivity contribution in [3.8, 4) is 0 Å². The average Bonchev–Trinajstić information content (AvgIpc) is 3.38. The van der Waals surface area contributed by atoms with E-state index in [9.17, 15) is 19.8 Å². The molecular formula is C27H30ClN3O4S. The fourth-order valence-corrected chi connectivity index (χ4v) is 5.49. The maximum Gasteiger partial charge on any atom is 0.254 e. The first-order chi connectivity index (χ1) is 17.4. The first-order valence-corrected chi connectivity index (χ1v) is 13.3. The SMILES string of the molecule is O=C(NCC1=CC(/C=C\c2ccccc2)CS1)[C@H](O)[C@@H](O)C(=O)N1CCN(c2ccccc2Cl)CC1. The minimum absolute atomic E-state index is 0.244. The summed E-state index contributed by atoms with van der Waals surface area (Å²) in [5.74, 6) is -0.297. The summed E-state index contributed by atoms with van der Waals surface area (Å²) in [6.45, 7) is 2.03. The number of amides is 2. The van der Waals surface area contributed by atoms with E-state index in [-0.39, 0.29) is 12.5 Å². The first-order valence-electron chi connectivity index (χ1n) is 11.9. The van der Waals surface area contributed by atoms with Gasteiger partial charge in [-0.1, -0.05) is 72.3 Å². The van der Waals surface area contributed by atoms with Gasteiger partial charge in [-0.3, -0.25) is 9.59 Å². The second-order valence-corrected chi connectivity index (χ2v) is 10.3. The predicted molar refractivity (Wildman–Crippen MR) is 145 cm³/mol. The van der Waals surface area contributed by atoms with E-state index in [0.29, 0.717) is 31.2 Å². The molecular weight excluding hydrogens is 498 g/mol. The molecule has 3 atom stereocenters. The smallest absolute Gasteiger partial charge is 0.254 e. The van der Waals surface area contributed by atoms with Crippen LogP contribution in [0.3, 0.4) is 0 Å². The molecule has 4 rings (SSSR count). The van der Waals surface area contributed by atoms with Crippen LogP contribution >= 0.6 is 23.4 Å². The van der Waals surface area contributed by atoms with Gasteiger partial charge in [-0.05, 0) is 17.7 Å². The number of hydrogen-bond acceptors (Lipinski definition) is 6. The van der Waals surface area contributed by atoms with Crippen LogP contribution in [0.25, 0.3) is 6.08 Å². The van der Waals surface area contributed by atoms with Gasteiger partial charge < -0.3 is 25.3 Å². The molecule has 1 unspecified atom stereocenters. The zero-order valence-electron chi connectivity index (χ0n) is 19.8. The molecule has 9 heteroatoms. The van der Waals surface area contributed by atoms with E-state index in [1.54, 1.807) is 11.8 Å². The summed E-state index contributed by atoms with van der Waals surface area (Å²) < 4.78 is 0. The molecule has 190 valence electrons. The molecule has 3 N–H and O–H groups in total. The minimum atomic E-state index is -1.83. The van der Waals surface area contributed by atoms with Crippen molar-refractivity contribution in [1.29, 1.82) is 0 Å². The van der Waals surface area contributed by atoms with E-state index < -0.39 is 24.0 Å². The van der Waals surface area contributed by atoms with Crippen LogP contribution in [0.5, 0.6) is 0 Å². The number of para-hydroxylation sites is 1. The quantitative estimate of drug-likeness (QED) is 0.489. The Morgan fingerprint density at radius 2 is 1.72 bits per heavy atom. The number of aliphatic hydroxyl groups is 2. The number of carbonyl (C=O) groups is 2. The van der Waals surface area contributed by atoms with Crippen molar-refractivity contribution in [3.63, 3.8) is 0 Å². The van der Waals surface area contributed by atoms with E-state index in [0.717, 1.165) is 21.9 Å². The van der Waals surface area contributed by atoms with Gasteiger partial charge in [-0.25, -0.2) is 0 Å². The summed E-state index contributed by atoms with van der Waals surface area (Å²) in [6.07, 6.45) is 2.63. The third-order valence-corrected chi connectivity index (χ3v) is 7.76. The number of hydrogen-bond donors (Lipinski definition) is 3. The number of rotatable bonds is 8. The molecule has 2 aliphatic heterocycles. The summed E-state index contributed by atoms with van der Waals surface area (Å²) in [6, 6.07) is 17.5. The van der Waals surface area contributed by atoms with Gasteiger partial charge >= 0.3 is 0 Å². The lowest BCUT2D eigenvalue weighted by molar-refractivity contribution is -0.153. The van der Waals surface area contributed by atoms with Gasteiger partial charge in [0, 0.05) is 49.3 Å². The Balaban J connectivity index is 1.23. The Hall–Kier alpha value is -2.78. The molecule has 36 heavy (non-hydrogen) atoms. The Kier molecular flexibility index (Phi) is 9.09. The van der Waals surface area contributed by atoms with Crippen molar-refractivity contribution in [2.24, 2.45) is 5.92 Å². The van der Waals surface area contributed by atoms with Crippen molar-refractivity contribution in [2.45, 2.75) is 12.2 Å². The molecule has 2 aromatic carbocycles. The second-order valence-electron chi connectivity index (χ2n) is 8.75. The molecule has 2 amide bonds. The molecule has 2 aliphatic rings. The van der Waals surface area contributed by atoms with E-state index in [4.69, 9.17) is 11.6 Å². The van der Waals surface area contributed by atoms with Gasteiger partial charge in [-0.15, -0.1) is 11.8 Å². The number of aliphatic hydroxyl groups excluding tert-OH is 2. The molecule has 1 fully saturated rings. The highest BCUT2D eigenvalue weighted by Crippen LogP contribution is 2.30. The zero-order chi connectivity index (χ0) is 25.5. The molecule has 1 saturated heterocycles. The average molecular weight is 528 g/mol. The molecule has 0 aliphatic carbocycles. The number of halogens is 1. The van der Waals surface area contributed by atoms with Crippen LogP contribution in [-0.2, 0) is 9.59 Å². The summed E-state index contributed by atoms with van der Waals surface area (Å²) >= 11 is 7.90. The summed E-state index contributed by atoms with van der Waals surface area (Å²) in [4.78, 5) is 29.7. The largest absolute Gasteiger partial charge is 0.380 e. The topological polar surface area (TPSA) is 93.1 Å². The number of nitrogens with zero attached hydrogens (tertiary/aromatic N) is 2. The number of carbonyl (C=O) groups excluding carboxylic acids is 2. The Morgan fingerprint density at radius 1 is 1.03 bits per heavy atom. The normalized spacial score (nSPS) is 19.8. The van der Waals surface area contributed by atoms with Crippen LogP contribution in [0, 0.1) is 5.92 Å². The van der Waals surface area contributed by atoms with Crippen molar-refractivity contribution in [1.82, 2.24) is 10.2 Å². The van der Waals surface area contributed by atoms with Crippen molar-refractivity contribution < 1.29 is 19.8 Å². The van der Waals surface area contributed by atoms with Gasteiger partial charge in [0.25, 0.3) is 11.8 Å². The molecule has 0 spiro atoms. The number of nitrogens with one attached hydrogen (secondary N) is 1. The lowest BCUT2D eigenvalue weighted by atomic mass is 10.1. The number of thioether (sulfide) groups is 1. The molecule has 0 aromatic heterocycles. The van der Waals surface area contributed by atoms with Gasteiger partial charge in [0.15, 0.2) is 12.2 Å². The molecule has 0 saturated carbocycles. The molecule has 2 heterocycles. The van der Waals surface area contributed by atoms with E-state index in [1.807, 2.05) is 54.6 Å². The third-order valence-electron chi connectivity index (χ3n) is 6.24. The Bertz CT molecular complexity index is 1120. The van der Waals surface area contributed by atoms with Crippen LogP contribution in [0.2, 0.25) is 5.02 Å². The maximum absolute atomic E-state index is 12.7. The molecule has 7 nitrogen and oxygen atoms in total. The van der Waals surface area contributed by atoms with Gasteiger partial charge in [0.1, 0.15) is 0 Å². The third kappa shape index (κ3) is 6.70. The fourth-order valence-electron chi connectivity index (χ4n) is 4.18. The van der Waals surface area contributed by atoms with E-state index in [2.05, 4.69) is 28.4 Å². The van der Waals surface area contributed by atoms with Gasteiger partial charge in [0.2, 0.25) is 0 Å². The number of piperazine rings is 1. The zero-order valence-corrected chi connectivity index (χ0v) is 21.4. The Morgan fingerprint density at radius 3 is 2.44 bits per heavy atom. The van der Waals surface area contributed by atoms with Crippen LogP contribution in [0.15, 0.2) is 71.7 Å². The highest BCUT2D eigenvalue weighted by Gasteiger charge is 2.35.